The molecule has 0 atom stereocenters. The third-order valence-corrected chi connectivity index (χ3v) is 20.1. The van der Waals surface area contributed by atoms with E-state index in [-0.39, 0.29) is 51.9 Å². The van der Waals surface area contributed by atoms with Crippen LogP contribution in [0.15, 0.2) is 72.8 Å². The molecule has 5 aliphatic rings. The molecular weight excluding hydrogens is 774 g/mol. The van der Waals surface area contributed by atoms with Crippen molar-refractivity contribution >= 4 is 85.8 Å². The summed E-state index contributed by atoms with van der Waals surface area (Å²) in [7, 11) is 0. The summed E-state index contributed by atoms with van der Waals surface area (Å²) in [5.41, 5.74) is 24.5. The van der Waals surface area contributed by atoms with E-state index in [1.54, 1.807) is 0 Å². The first kappa shape index (κ1) is 41.7. The van der Waals surface area contributed by atoms with Gasteiger partial charge < -0.3 is 0 Å². The van der Waals surface area contributed by atoms with Crippen LogP contribution in [0.2, 0.25) is 0 Å². The quantitative estimate of drug-likeness (QED) is 0.159. The molecule has 6 aromatic rings. The number of urea groups is 1. The van der Waals surface area contributed by atoms with Gasteiger partial charge in [-0.1, -0.05) is 188 Å². The lowest BCUT2D eigenvalue weighted by Crippen LogP contribution is -2.65. The molecule has 0 N–H and O–H groups in total. The highest BCUT2D eigenvalue weighted by Crippen LogP contribution is 2.64. The van der Waals surface area contributed by atoms with Crippen molar-refractivity contribution in [3.8, 4) is 0 Å². The normalized spacial score (nSPS) is 20.4. The Labute approximate surface area is 384 Å². The predicted molar refractivity (Wildman–Crippen MR) is 277 cm³/mol. The van der Waals surface area contributed by atoms with Gasteiger partial charge in [-0.05, 0) is 136 Å². The molecule has 0 unspecified atom stereocenters. The van der Waals surface area contributed by atoms with Crippen LogP contribution in [0.25, 0.3) is 10.8 Å². The summed E-state index contributed by atoms with van der Waals surface area (Å²) in [6.07, 6.45) is 0. The largest absolute Gasteiger partial charge is 0.338 e. The van der Waals surface area contributed by atoms with Gasteiger partial charge in [0.1, 0.15) is 0 Å². The van der Waals surface area contributed by atoms with Crippen molar-refractivity contribution in [3.05, 3.63) is 128 Å². The highest BCUT2D eigenvalue weighted by atomic mass is 16.2. The number of anilines is 4. The molecule has 0 aromatic heterocycles. The second-order valence-electron chi connectivity index (χ2n) is 24.2. The Balaban J connectivity index is 1.31. The highest BCUT2D eigenvalue weighted by molar-refractivity contribution is 7.00. The summed E-state index contributed by atoms with van der Waals surface area (Å²) in [6.45, 7) is 42.8. The van der Waals surface area contributed by atoms with Crippen LogP contribution >= 0.6 is 0 Å². The number of hydrogen-bond donors (Lipinski definition) is 0. The number of hydrogen-bond acceptors (Lipinski definition) is 1. The third-order valence-electron chi connectivity index (χ3n) is 20.1. The zero-order chi connectivity index (χ0) is 46.1. The molecule has 0 fully saturated rings. The second-order valence-corrected chi connectivity index (χ2v) is 24.2. The summed E-state index contributed by atoms with van der Waals surface area (Å²) in [5, 5.41) is 2.36. The smallest absolute Gasteiger partial charge is 0.263 e. The van der Waals surface area contributed by atoms with Crippen LogP contribution in [-0.2, 0) is 21.7 Å². The molecule has 3 nitrogen and oxygen atoms in total. The summed E-state index contributed by atoms with van der Waals surface area (Å²) < 4.78 is 0. The fourth-order valence-electron chi connectivity index (χ4n) is 14.4. The molecule has 0 saturated carbocycles. The maximum absolute atomic E-state index is 16.6. The lowest BCUT2D eigenvalue weighted by Gasteiger charge is -2.47. The number of nitrogens with zero attached hydrogens (tertiary/aromatic N) is 2. The van der Waals surface area contributed by atoms with Crippen LogP contribution in [0.1, 0.15) is 139 Å². The number of rotatable bonds is 2. The van der Waals surface area contributed by atoms with Crippen LogP contribution in [-0.4, -0.2) is 19.5 Å². The van der Waals surface area contributed by atoms with Gasteiger partial charge in [0.05, 0.1) is 11.4 Å². The minimum Gasteiger partial charge on any atom is -0.263 e. The van der Waals surface area contributed by atoms with Gasteiger partial charge in [0.2, 0.25) is 13.4 Å². The van der Waals surface area contributed by atoms with Gasteiger partial charge in [-0.15, -0.1) is 0 Å². The van der Waals surface area contributed by atoms with E-state index in [0.717, 1.165) is 22.7 Å². The molecule has 2 amide bonds. The van der Waals surface area contributed by atoms with Crippen LogP contribution in [0.4, 0.5) is 27.5 Å². The van der Waals surface area contributed by atoms with Gasteiger partial charge in [0, 0.05) is 16.8 Å². The van der Waals surface area contributed by atoms with Crippen molar-refractivity contribution in [2.45, 2.75) is 146 Å². The Hall–Kier alpha value is -5.02. The van der Waals surface area contributed by atoms with Crippen molar-refractivity contribution in [2.75, 3.05) is 9.80 Å². The lowest BCUT2D eigenvalue weighted by atomic mass is 9.32. The monoisotopic (exact) mass is 841 g/mol. The fraction of sp³-hybridized carbons (Fsp3) is 0.407. The van der Waals surface area contributed by atoms with E-state index in [0.29, 0.717) is 0 Å². The molecule has 324 valence electrons. The van der Waals surface area contributed by atoms with E-state index in [2.05, 4.69) is 207 Å². The standard InChI is InChI=1S/C59H66B2N2O/c1-31-23-33(3)49(34(4)24-31)60-42-21-19-37-20-22-43-52-48(37)51(42)62(46-29-40-38(27-44(46)60)54(7,8)58(15,16)56(40,11)12)53(64)63(52)47-30-41-39(55(9,10)59(17,18)57(41,13)14)28-45(47)61(43)50-35(5)25-32(2)26-36(50)6/h19-30H,1-18H3. The third kappa shape index (κ3) is 4.60. The van der Waals surface area contributed by atoms with Crippen LogP contribution in [0.3, 0.4) is 0 Å². The van der Waals surface area contributed by atoms with Crippen LogP contribution < -0.4 is 42.6 Å². The maximum Gasteiger partial charge on any atom is 0.338 e. The van der Waals surface area contributed by atoms with Crippen molar-refractivity contribution in [1.29, 1.82) is 0 Å². The van der Waals surface area contributed by atoms with Crippen molar-refractivity contribution in [2.24, 2.45) is 10.8 Å². The zero-order valence-corrected chi connectivity index (χ0v) is 41.9. The SMILES string of the molecule is Cc1cc(C)c(B2c3cc4c(cc3N3C(=O)N5c6cc7c(cc6B(c6c(C)cc(C)cc6C)c6ccc8ccc2c3c8c65)C(C)(C)C(C)(C)C7(C)C)C(C)(C)C(C)(C)C4(C)C)c(C)c1. The molecular formula is C59H66B2N2O. The molecule has 3 heterocycles. The number of benzene rings is 6. The molecule has 11 rings (SSSR count). The molecule has 0 spiro atoms. The van der Waals surface area contributed by atoms with Crippen molar-refractivity contribution < 1.29 is 4.79 Å². The molecule has 0 bridgehead atoms. The van der Waals surface area contributed by atoms with E-state index in [1.807, 2.05) is 0 Å². The Kier molecular flexibility index (Phi) is 7.97. The van der Waals surface area contributed by atoms with E-state index in [9.17, 15) is 0 Å². The first-order valence-corrected chi connectivity index (χ1v) is 24.0. The maximum atomic E-state index is 16.6. The van der Waals surface area contributed by atoms with Crippen LogP contribution in [0, 0.1) is 52.4 Å². The van der Waals surface area contributed by atoms with Gasteiger partial charge in [0.15, 0.2) is 0 Å². The van der Waals surface area contributed by atoms with Gasteiger partial charge >= 0.3 is 6.03 Å². The zero-order valence-electron chi connectivity index (χ0n) is 41.9. The highest BCUT2D eigenvalue weighted by Gasteiger charge is 2.60. The number of amides is 2. The summed E-state index contributed by atoms with van der Waals surface area (Å²) in [6, 6.07) is 28.9. The molecule has 3 aliphatic heterocycles. The molecule has 2 aliphatic carbocycles. The van der Waals surface area contributed by atoms with Crippen LogP contribution in [0.5, 0.6) is 0 Å². The topological polar surface area (TPSA) is 23.6 Å². The Morgan fingerprint density at radius 1 is 0.406 bits per heavy atom. The number of fused-ring (bicyclic) bond motifs is 6. The van der Waals surface area contributed by atoms with Gasteiger partial charge in [-0.3, -0.25) is 9.80 Å². The van der Waals surface area contributed by atoms with Crippen molar-refractivity contribution in [1.82, 2.24) is 0 Å². The number of carbonyl (C=O) groups excluding carboxylic acids is 1. The first-order valence-electron chi connectivity index (χ1n) is 24.0. The summed E-state index contributed by atoms with van der Waals surface area (Å²) in [5.74, 6) is 0. The predicted octanol–water partition coefficient (Wildman–Crippen LogP) is 10.9. The van der Waals surface area contributed by atoms with Gasteiger partial charge in [0.25, 0.3) is 0 Å². The Morgan fingerprint density at radius 3 is 1.05 bits per heavy atom. The summed E-state index contributed by atoms with van der Waals surface area (Å²) in [4.78, 5) is 21.0. The fourth-order valence-corrected chi connectivity index (χ4v) is 14.4. The molecule has 6 aromatic carbocycles. The minimum atomic E-state index is -0.136. The molecule has 64 heavy (non-hydrogen) atoms. The Morgan fingerprint density at radius 2 is 0.719 bits per heavy atom. The summed E-state index contributed by atoms with van der Waals surface area (Å²) >= 11 is 0. The van der Waals surface area contributed by atoms with Gasteiger partial charge in [-0.25, -0.2) is 4.79 Å². The average molecular weight is 841 g/mol. The Bertz CT molecular complexity index is 2920. The van der Waals surface area contributed by atoms with E-state index in [4.69, 9.17) is 0 Å². The first-order chi connectivity index (χ1) is 29.7. The molecule has 0 radical (unpaired) electrons. The number of carbonyl (C=O) groups is 1. The average Bonchev–Trinajstić information content (AvgIpc) is 3.37. The van der Waals surface area contributed by atoms with Gasteiger partial charge in [-0.2, -0.15) is 0 Å². The molecule has 0 saturated heterocycles. The molecule has 5 heteroatoms. The second kappa shape index (κ2) is 12.2. The minimum absolute atomic E-state index is 0.0198. The van der Waals surface area contributed by atoms with E-state index < -0.39 is 0 Å². The lowest BCUT2D eigenvalue weighted by molar-refractivity contribution is 0.125. The number of aryl methyl sites for hydroxylation is 6. The van der Waals surface area contributed by atoms with Crippen molar-refractivity contribution in [3.63, 3.8) is 0 Å². The van der Waals surface area contributed by atoms with E-state index >= 15 is 4.79 Å². The van der Waals surface area contributed by atoms with E-state index in [1.165, 1.54) is 99.2 Å².